The Morgan fingerprint density at radius 2 is 1.90 bits per heavy atom. The molecule has 1 unspecified atom stereocenters. The van der Waals surface area contributed by atoms with E-state index in [9.17, 15) is 4.79 Å². The lowest BCUT2D eigenvalue weighted by Crippen LogP contribution is -2.37. The molecule has 1 atom stereocenters. The van der Waals surface area contributed by atoms with Crippen molar-refractivity contribution in [3.05, 3.63) is 23.3 Å². The summed E-state index contributed by atoms with van der Waals surface area (Å²) in [5.41, 5.74) is 2.17. The van der Waals surface area contributed by atoms with Crippen molar-refractivity contribution < 1.29 is 14.3 Å². The molecule has 4 nitrogen and oxygen atoms in total. The molecule has 1 heterocycles. The van der Waals surface area contributed by atoms with Gasteiger partial charge in [-0.05, 0) is 30.5 Å². The van der Waals surface area contributed by atoms with Crippen LogP contribution in [0.15, 0.2) is 12.1 Å². The van der Waals surface area contributed by atoms with Crippen molar-refractivity contribution in [3.8, 4) is 11.5 Å². The van der Waals surface area contributed by atoms with Crippen molar-refractivity contribution in [2.24, 2.45) is 5.92 Å². The third-order valence-electron chi connectivity index (χ3n) is 3.90. The Morgan fingerprint density at radius 3 is 2.40 bits per heavy atom. The first-order valence-electron chi connectivity index (χ1n) is 7.16. The zero-order valence-electron chi connectivity index (χ0n) is 12.5. The molecule has 2 rings (SSSR count). The zero-order valence-corrected chi connectivity index (χ0v) is 12.5. The summed E-state index contributed by atoms with van der Waals surface area (Å²) < 4.78 is 10.9. The number of Topliss-reactive ketones (excluding diaryl/α,β-unsaturated/α-hetero) is 1. The number of nitrogens with one attached hydrogen (secondary N) is 1. The molecule has 1 aromatic rings. The molecule has 0 bridgehead atoms. The quantitative estimate of drug-likeness (QED) is 0.894. The summed E-state index contributed by atoms with van der Waals surface area (Å²) in [4.78, 5) is 11.9. The van der Waals surface area contributed by atoms with Gasteiger partial charge in [-0.3, -0.25) is 4.79 Å². The minimum absolute atomic E-state index is 0.0608. The van der Waals surface area contributed by atoms with Crippen molar-refractivity contribution >= 4 is 5.78 Å². The Bertz CT molecular complexity index is 460. The molecule has 0 aliphatic carbocycles. The second kappa shape index (κ2) is 6.75. The van der Waals surface area contributed by atoms with E-state index in [1.807, 2.05) is 12.1 Å². The minimum Gasteiger partial charge on any atom is -0.496 e. The van der Waals surface area contributed by atoms with Gasteiger partial charge in [-0.2, -0.15) is 0 Å². The van der Waals surface area contributed by atoms with E-state index < -0.39 is 0 Å². The highest BCUT2D eigenvalue weighted by molar-refractivity contribution is 5.82. The monoisotopic (exact) mass is 277 g/mol. The summed E-state index contributed by atoms with van der Waals surface area (Å²) in [7, 11) is 3.34. The maximum absolute atomic E-state index is 11.9. The molecule has 0 radical (unpaired) electrons. The van der Waals surface area contributed by atoms with Gasteiger partial charge in [0.2, 0.25) is 0 Å². The van der Waals surface area contributed by atoms with E-state index in [2.05, 4.69) is 12.2 Å². The van der Waals surface area contributed by atoms with E-state index in [1.54, 1.807) is 14.2 Å². The molecule has 20 heavy (non-hydrogen) atoms. The van der Waals surface area contributed by atoms with Crippen molar-refractivity contribution in [1.29, 1.82) is 0 Å². The van der Waals surface area contributed by atoms with Crippen LogP contribution in [0.4, 0.5) is 0 Å². The smallest absolute Gasteiger partial charge is 0.138 e. The standard InChI is InChI=1S/C16H23NO3/c1-4-13-15(19-2)8-11(9-16(13)20-3)7-12-10-17-6-5-14(12)18/h8-9,12,17H,4-7,10H2,1-3H3. The van der Waals surface area contributed by atoms with Crippen molar-refractivity contribution in [2.45, 2.75) is 26.2 Å². The lowest BCUT2D eigenvalue weighted by atomic mass is 9.90. The van der Waals surface area contributed by atoms with Gasteiger partial charge in [0.25, 0.3) is 0 Å². The van der Waals surface area contributed by atoms with Gasteiger partial charge in [0, 0.05) is 31.0 Å². The van der Waals surface area contributed by atoms with Gasteiger partial charge in [-0.1, -0.05) is 6.92 Å². The summed E-state index contributed by atoms with van der Waals surface area (Å²) in [6.45, 7) is 3.64. The van der Waals surface area contributed by atoms with Gasteiger partial charge in [0.15, 0.2) is 0 Å². The SMILES string of the molecule is CCc1c(OC)cc(CC2CNCCC2=O)cc1OC. The number of ether oxygens (including phenoxy) is 2. The fourth-order valence-corrected chi connectivity index (χ4v) is 2.78. The Kier molecular flexibility index (Phi) is 5.01. The van der Waals surface area contributed by atoms with Gasteiger partial charge in [-0.25, -0.2) is 0 Å². The number of ketones is 1. The normalized spacial score (nSPS) is 18.9. The fraction of sp³-hybridized carbons (Fsp3) is 0.562. The number of benzene rings is 1. The maximum Gasteiger partial charge on any atom is 0.138 e. The average Bonchev–Trinajstić information content (AvgIpc) is 2.48. The second-order valence-corrected chi connectivity index (χ2v) is 5.15. The number of carbonyl (C=O) groups excluding carboxylic acids is 1. The number of piperidine rings is 1. The number of rotatable bonds is 5. The van der Waals surface area contributed by atoms with Gasteiger partial charge < -0.3 is 14.8 Å². The van der Waals surface area contributed by atoms with Crippen LogP contribution in [0, 0.1) is 5.92 Å². The van der Waals surface area contributed by atoms with Crippen LogP contribution in [0.5, 0.6) is 11.5 Å². The van der Waals surface area contributed by atoms with E-state index in [4.69, 9.17) is 9.47 Å². The van der Waals surface area contributed by atoms with Gasteiger partial charge in [-0.15, -0.1) is 0 Å². The van der Waals surface area contributed by atoms with Crippen molar-refractivity contribution in [3.63, 3.8) is 0 Å². The van der Waals surface area contributed by atoms with E-state index in [-0.39, 0.29) is 5.92 Å². The minimum atomic E-state index is 0.0608. The number of hydrogen-bond acceptors (Lipinski definition) is 4. The zero-order chi connectivity index (χ0) is 14.5. The number of methoxy groups -OCH3 is 2. The van der Waals surface area contributed by atoms with E-state index in [1.165, 1.54) is 0 Å². The summed E-state index contributed by atoms with van der Waals surface area (Å²) in [6, 6.07) is 4.06. The molecule has 1 fully saturated rings. The molecule has 0 spiro atoms. The summed E-state index contributed by atoms with van der Waals surface area (Å²) >= 11 is 0. The van der Waals surface area contributed by atoms with Crippen LogP contribution in [0.1, 0.15) is 24.5 Å². The first-order chi connectivity index (χ1) is 9.69. The van der Waals surface area contributed by atoms with Gasteiger partial charge >= 0.3 is 0 Å². The summed E-state index contributed by atoms with van der Waals surface area (Å²) in [5, 5.41) is 3.28. The highest BCUT2D eigenvalue weighted by Gasteiger charge is 2.23. The molecule has 0 saturated carbocycles. The van der Waals surface area contributed by atoms with E-state index >= 15 is 0 Å². The third kappa shape index (κ3) is 3.12. The Hall–Kier alpha value is -1.55. The van der Waals surface area contributed by atoms with Crippen molar-refractivity contribution in [2.75, 3.05) is 27.3 Å². The molecule has 110 valence electrons. The van der Waals surface area contributed by atoms with Crippen molar-refractivity contribution in [1.82, 2.24) is 5.32 Å². The average molecular weight is 277 g/mol. The molecule has 1 aliphatic rings. The molecule has 4 heteroatoms. The highest BCUT2D eigenvalue weighted by Crippen LogP contribution is 2.32. The predicted octanol–water partition coefficient (Wildman–Crippen LogP) is 1.99. The molecular weight excluding hydrogens is 254 g/mol. The highest BCUT2D eigenvalue weighted by atomic mass is 16.5. The molecule has 0 amide bonds. The Balaban J connectivity index is 2.25. The van der Waals surface area contributed by atoms with Crippen LogP contribution >= 0.6 is 0 Å². The van der Waals surface area contributed by atoms with Gasteiger partial charge in [0.05, 0.1) is 14.2 Å². The number of carbonyl (C=O) groups is 1. The Labute approximate surface area is 120 Å². The topological polar surface area (TPSA) is 47.6 Å². The first kappa shape index (κ1) is 14.9. The Morgan fingerprint density at radius 1 is 1.25 bits per heavy atom. The molecule has 1 saturated heterocycles. The lowest BCUT2D eigenvalue weighted by molar-refractivity contribution is -0.123. The van der Waals surface area contributed by atoms with Crippen LogP contribution in [0.2, 0.25) is 0 Å². The molecule has 1 aromatic carbocycles. The second-order valence-electron chi connectivity index (χ2n) is 5.15. The van der Waals surface area contributed by atoms with E-state index in [0.29, 0.717) is 12.2 Å². The fourth-order valence-electron chi connectivity index (χ4n) is 2.78. The predicted molar refractivity (Wildman–Crippen MR) is 78.6 cm³/mol. The molecule has 1 N–H and O–H groups in total. The summed E-state index contributed by atoms with van der Waals surface area (Å²) in [5.74, 6) is 2.10. The van der Waals surface area contributed by atoms with Crippen LogP contribution in [-0.4, -0.2) is 33.1 Å². The van der Waals surface area contributed by atoms with Crippen LogP contribution < -0.4 is 14.8 Å². The third-order valence-corrected chi connectivity index (χ3v) is 3.90. The largest absolute Gasteiger partial charge is 0.496 e. The maximum atomic E-state index is 11.9. The molecular formula is C16H23NO3. The first-order valence-corrected chi connectivity index (χ1v) is 7.16. The molecule has 0 aromatic heterocycles. The number of hydrogen-bond donors (Lipinski definition) is 1. The summed E-state index contributed by atoms with van der Waals surface area (Å²) in [6.07, 6.45) is 2.23. The van der Waals surface area contributed by atoms with Gasteiger partial charge in [0.1, 0.15) is 17.3 Å². The van der Waals surface area contributed by atoms with Crippen LogP contribution in [0.3, 0.4) is 0 Å². The van der Waals surface area contributed by atoms with Crippen LogP contribution in [0.25, 0.3) is 0 Å². The van der Waals surface area contributed by atoms with E-state index in [0.717, 1.165) is 48.6 Å². The lowest BCUT2D eigenvalue weighted by Gasteiger charge is -2.22. The van der Waals surface area contributed by atoms with Crippen LogP contribution in [-0.2, 0) is 17.6 Å². The molecule has 1 aliphatic heterocycles.